The number of anilines is 2. The van der Waals surface area contributed by atoms with Gasteiger partial charge in [-0.3, -0.25) is 9.00 Å². The summed E-state index contributed by atoms with van der Waals surface area (Å²) in [4.78, 5) is 12.2. The molecule has 0 saturated heterocycles. The summed E-state index contributed by atoms with van der Waals surface area (Å²) < 4.78 is 12.0. The van der Waals surface area contributed by atoms with Gasteiger partial charge in [-0.05, 0) is 56.5 Å². The lowest BCUT2D eigenvalue weighted by Crippen LogP contribution is -2.23. The number of hydrogen-bond acceptors (Lipinski definition) is 3. The number of nitrogen functional groups attached to an aromatic ring is 1. The van der Waals surface area contributed by atoms with E-state index in [9.17, 15) is 9.00 Å². The Hall–Kier alpha value is -2.14. The van der Waals surface area contributed by atoms with Gasteiger partial charge in [-0.15, -0.1) is 0 Å². The molecule has 5 heteroatoms. The van der Waals surface area contributed by atoms with Crippen molar-refractivity contribution in [1.82, 2.24) is 0 Å². The van der Waals surface area contributed by atoms with Crippen LogP contribution in [0.3, 0.4) is 0 Å². The molecule has 0 fully saturated rings. The fraction of sp³-hybridized carbons (Fsp3) is 0.350. The second-order valence-electron chi connectivity index (χ2n) is 7.05. The van der Waals surface area contributed by atoms with Gasteiger partial charge in [0, 0.05) is 39.1 Å². The van der Waals surface area contributed by atoms with Gasteiger partial charge in [0.1, 0.15) is 0 Å². The number of para-hydroxylation sites is 1. The van der Waals surface area contributed by atoms with E-state index < -0.39 is 10.8 Å². The molecule has 0 aliphatic rings. The summed E-state index contributed by atoms with van der Waals surface area (Å²) in [6, 6.07) is 15.1. The fourth-order valence-corrected chi connectivity index (χ4v) is 3.26. The largest absolute Gasteiger partial charge is 0.399 e. The van der Waals surface area contributed by atoms with Gasteiger partial charge < -0.3 is 11.1 Å². The van der Waals surface area contributed by atoms with Gasteiger partial charge >= 0.3 is 0 Å². The van der Waals surface area contributed by atoms with Gasteiger partial charge in [-0.25, -0.2) is 0 Å². The van der Waals surface area contributed by atoms with E-state index in [2.05, 4.69) is 5.32 Å². The predicted molar refractivity (Wildman–Crippen MR) is 106 cm³/mol. The van der Waals surface area contributed by atoms with Crippen molar-refractivity contribution >= 4 is 28.1 Å². The Morgan fingerprint density at radius 1 is 1.12 bits per heavy atom. The molecule has 2 aromatic carbocycles. The van der Waals surface area contributed by atoms with Crippen LogP contribution in [0.5, 0.6) is 0 Å². The summed E-state index contributed by atoms with van der Waals surface area (Å²) >= 11 is 0. The van der Waals surface area contributed by atoms with Crippen LogP contribution in [-0.2, 0) is 27.8 Å². The zero-order chi connectivity index (χ0) is 18.4. The molecule has 25 heavy (non-hydrogen) atoms. The number of amides is 1. The number of carbonyl (C=O) groups is 1. The average molecular weight is 359 g/mol. The molecule has 0 radical (unpaired) electrons. The van der Waals surface area contributed by atoms with Crippen LogP contribution in [0.25, 0.3) is 0 Å². The molecule has 0 aliphatic heterocycles. The van der Waals surface area contributed by atoms with Gasteiger partial charge in [0.15, 0.2) is 0 Å². The number of aryl methyl sites for hydroxylation is 1. The smallest absolute Gasteiger partial charge is 0.224 e. The predicted octanol–water partition coefficient (Wildman–Crippen LogP) is 3.89. The van der Waals surface area contributed by atoms with Crippen LogP contribution in [0.1, 0.15) is 38.3 Å². The summed E-state index contributed by atoms with van der Waals surface area (Å²) in [5.74, 6) is 0.422. The summed E-state index contributed by atoms with van der Waals surface area (Å²) in [6.07, 6.45) is 0.971. The Balaban J connectivity index is 1.94. The van der Waals surface area contributed by atoms with E-state index in [1.54, 1.807) is 0 Å². The summed E-state index contributed by atoms with van der Waals surface area (Å²) in [5, 5.41) is 2.91. The minimum atomic E-state index is -0.967. The molecule has 3 N–H and O–H groups in total. The minimum absolute atomic E-state index is 0.0580. The van der Waals surface area contributed by atoms with Gasteiger partial charge in [0.2, 0.25) is 5.91 Å². The van der Waals surface area contributed by atoms with Crippen molar-refractivity contribution in [2.75, 3.05) is 11.1 Å². The molecule has 1 amide bonds. The number of rotatable bonds is 6. The second-order valence-corrected chi connectivity index (χ2v) is 9.25. The van der Waals surface area contributed by atoms with Crippen LogP contribution >= 0.6 is 0 Å². The highest BCUT2D eigenvalue weighted by atomic mass is 32.2. The highest BCUT2D eigenvalue weighted by Gasteiger charge is 2.19. The normalized spacial score (nSPS) is 12.6. The maximum atomic E-state index is 12.3. The van der Waals surface area contributed by atoms with Crippen molar-refractivity contribution < 1.29 is 9.00 Å². The number of nitrogens with one attached hydrogen (secondary N) is 1. The van der Waals surface area contributed by atoms with E-state index in [0.717, 1.165) is 16.8 Å². The standard InChI is InChI=1S/C20H26N2O2S/c1-20(2,3)25(24)14-15-7-6-9-17(13-15)22-19(23)12-11-16-8-4-5-10-18(16)21/h4-10,13H,11-12,14,21H2,1-3H3,(H,22,23). The molecule has 0 spiro atoms. The van der Waals surface area contributed by atoms with Crippen molar-refractivity contribution in [2.24, 2.45) is 0 Å². The van der Waals surface area contributed by atoms with Crippen LogP contribution < -0.4 is 11.1 Å². The molecule has 4 nitrogen and oxygen atoms in total. The third kappa shape index (κ3) is 6.02. The molecule has 2 aromatic rings. The van der Waals surface area contributed by atoms with Crippen molar-refractivity contribution in [2.45, 2.75) is 44.1 Å². The van der Waals surface area contributed by atoms with Crippen molar-refractivity contribution in [3.05, 3.63) is 59.7 Å². The van der Waals surface area contributed by atoms with E-state index in [4.69, 9.17) is 5.73 Å². The Morgan fingerprint density at radius 3 is 2.52 bits per heavy atom. The maximum absolute atomic E-state index is 12.3. The first-order chi connectivity index (χ1) is 11.8. The lowest BCUT2D eigenvalue weighted by Gasteiger charge is -2.18. The zero-order valence-electron chi connectivity index (χ0n) is 15.0. The quantitative estimate of drug-likeness (QED) is 0.770. The van der Waals surface area contributed by atoms with Gasteiger partial charge in [0.05, 0.1) is 0 Å². The van der Waals surface area contributed by atoms with Crippen molar-refractivity contribution in [1.29, 1.82) is 0 Å². The SMILES string of the molecule is CC(C)(C)S(=O)Cc1cccc(NC(=O)CCc2ccccc2N)c1. The van der Waals surface area contributed by atoms with E-state index in [1.807, 2.05) is 69.3 Å². The molecule has 0 aromatic heterocycles. The van der Waals surface area contributed by atoms with Crippen molar-refractivity contribution in [3.8, 4) is 0 Å². The maximum Gasteiger partial charge on any atom is 0.224 e. The average Bonchev–Trinajstić information content (AvgIpc) is 2.53. The molecule has 0 bridgehead atoms. The Labute approximate surface area is 152 Å². The first-order valence-electron chi connectivity index (χ1n) is 8.36. The van der Waals surface area contributed by atoms with Crippen LogP contribution in [0.4, 0.5) is 11.4 Å². The zero-order valence-corrected chi connectivity index (χ0v) is 15.9. The van der Waals surface area contributed by atoms with Crippen LogP contribution in [0.15, 0.2) is 48.5 Å². The lowest BCUT2D eigenvalue weighted by molar-refractivity contribution is -0.116. The first kappa shape index (κ1) is 19.2. The molecule has 0 heterocycles. The van der Waals surface area contributed by atoms with Crippen LogP contribution in [-0.4, -0.2) is 14.9 Å². The highest BCUT2D eigenvalue weighted by Crippen LogP contribution is 2.19. The van der Waals surface area contributed by atoms with Gasteiger partial charge in [0.25, 0.3) is 0 Å². The Bertz CT molecular complexity index is 766. The molecule has 0 saturated carbocycles. The topological polar surface area (TPSA) is 72.2 Å². The Kier molecular flexibility index (Phi) is 6.37. The van der Waals surface area contributed by atoms with Crippen LogP contribution in [0.2, 0.25) is 0 Å². The third-order valence-corrected chi connectivity index (χ3v) is 5.83. The summed E-state index contributed by atoms with van der Waals surface area (Å²) in [6.45, 7) is 5.89. The van der Waals surface area contributed by atoms with E-state index in [0.29, 0.717) is 24.3 Å². The molecule has 134 valence electrons. The van der Waals surface area contributed by atoms with E-state index >= 15 is 0 Å². The summed E-state index contributed by atoms with van der Waals surface area (Å²) in [7, 11) is -0.967. The van der Waals surface area contributed by atoms with E-state index in [-0.39, 0.29) is 10.7 Å². The molecule has 1 unspecified atom stereocenters. The molecule has 1 atom stereocenters. The highest BCUT2D eigenvalue weighted by molar-refractivity contribution is 7.85. The molecule has 0 aliphatic carbocycles. The third-order valence-electron chi connectivity index (χ3n) is 3.87. The molecular formula is C20H26N2O2S. The van der Waals surface area contributed by atoms with Crippen molar-refractivity contribution in [3.63, 3.8) is 0 Å². The lowest BCUT2D eigenvalue weighted by atomic mass is 10.1. The monoisotopic (exact) mass is 358 g/mol. The number of carbonyl (C=O) groups excluding carboxylic acids is 1. The van der Waals surface area contributed by atoms with E-state index in [1.165, 1.54) is 0 Å². The Morgan fingerprint density at radius 2 is 1.84 bits per heavy atom. The minimum Gasteiger partial charge on any atom is -0.399 e. The number of hydrogen-bond donors (Lipinski definition) is 2. The second kappa shape index (κ2) is 8.30. The number of benzene rings is 2. The van der Waals surface area contributed by atoms with Gasteiger partial charge in [-0.2, -0.15) is 0 Å². The number of nitrogens with two attached hydrogens (primary N) is 1. The fourth-order valence-electron chi connectivity index (χ4n) is 2.34. The van der Waals surface area contributed by atoms with Crippen LogP contribution in [0, 0.1) is 0 Å². The first-order valence-corrected chi connectivity index (χ1v) is 9.68. The summed E-state index contributed by atoms with van der Waals surface area (Å²) in [5.41, 5.74) is 9.28. The molecule has 2 rings (SSSR count). The van der Waals surface area contributed by atoms with Gasteiger partial charge in [-0.1, -0.05) is 30.3 Å². The molecular weight excluding hydrogens is 332 g/mol.